The fourth-order valence-corrected chi connectivity index (χ4v) is 3.02. The van der Waals surface area contributed by atoms with Crippen LogP contribution >= 0.6 is 0 Å². The predicted octanol–water partition coefficient (Wildman–Crippen LogP) is 3.45. The minimum atomic E-state index is -4.60. The van der Waals surface area contributed by atoms with E-state index in [1.54, 1.807) is 6.92 Å². The van der Waals surface area contributed by atoms with Crippen LogP contribution in [0.2, 0.25) is 0 Å². The largest absolute Gasteiger partial charge is 0.419 e. The van der Waals surface area contributed by atoms with Gasteiger partial charge in [0.05, 0.1) is 11.3 Å². The van der Waals surface area contributed by atoms with Crippen molar-refractivity contribution >= 4 is 22.4 Å². The smallest absolute Gasteiger partial charge is 0.416 e. The third kappa shape index (κ3) is 7.89. The molecule has 1 aliphatic heterocycles. The molecule has 1 radical (unpaired) electrons. The minimum Gasteiger partial charge on any atom is -0.419 e. The van der Waals surface area contributed by atoms with Crippen LogP contribution in [0.4, 0.5) is 24.7 Å². The van der Waals surface area contributed by atoms with Gasteiger partial charge in [0.25, 0.3) is 0 Å². The first-order chi connectivity index (χ1) is 13.2. The summed E-state index contributed by atoms with van der Waals surface area (Å²) >= 11 is 0. The molecular formula is C17H21F3N5O2ReS-. The maximum atomic E-state index is 12.7. The van der Waals surface area contributed by atoms with Crippen molar-refractivity contribution in [2.24, 2.45) is 0 Å². The van der Waals surface area contributed by atoms with Crippen molar-refractivity contribution < 1.29 is 42.0 Å². The molecule has 1 aromatic carbocycles. The van der Waals surface area contributed by atoms with Gasteiger partial charge in [-0.05, 0) is 56.6 Å². The number of benzene rings is 1. The molecule has 0 atom stereocenters. The first-order valence-electron chi connectivity index (χ1n) is 8.56. The van der Waals surface area contributed by atoms with Crippen LogP contribution in [0.25, 0.3) is 11.3 Å². The average molecular weight is 603 g/mol. The maximum Gasteiger partial charge on any atom is 0.416 e. The Morgan fingerprint density at radius 2 is 1.76 bits per heavy atom. The number of halogens is 3. The molecule has 0 amide bonds. The Morgan fingerprint density at radius 1 is 1.10 bits per heavy atom. The van der Waals surface area contributed by atoms with Crippen molar-refractivity contribution in [3.05, 3.63) is 35.4 Å². The molecule has 0 saturated carbocycles. The van der Waals surface area contributed by atoms with Gasteiger partial charge >= 0.3 is 6.18 Å². The Bertz CT molecular complexity index is 870. The Balaban J connectivity index is 0.000000514. The van der Waals surface area contributed by atoms with Gasteiger partial charge < -0.3 is 24.2 Å². The SMILES string of the molecule is C1CCNCC1.Cc1cc(N)nnc1-c1ccc(C(F)(F)F)cc1N[S-](=O)=O.[Re]. The van der Waals surface area contributed by atoms with E-state index in [4.69, 9.17) is 5.73 Å². The molecule has 0 spiro atoms. The first kappa shape index (κ1) is 25.3. The molecule has 1 fully saturated rings. The summed E-state index contributed by atoms with van der Waals surface area (Å²) in [5.41, 5.74) is 5.19. The third-order valence-electron chi connectivity index (χ3n) is 4.01. The monoisotopic (exact) mass is 603 g/mol. The van der Waals surface area contributed by atoms with Gasteiger partial charge in [-0.3, -0.25) is 0 Å². The summed E-state index contributed by atoms with van der Waals surface area (Å²) in [4.78, 5) is 0. The van der Waals surface area contributed by atoms with Gasteiger partial charge in [0.15, 0.2) is 0 Å². The Labute approximate surface area is 182 Å². The number of aryl methyl sites for hydroxylation is 1. The van der Waals surface area contributed by atoms with Crippen LogP contribution in [0.3, 0.4) is 0 Å². The number of nitrogen functional groups attached to an aromatic ring is 1. The number of anilines is 2. The molecule has 1 aromatic heterocycles. The summed E-state index contributed by atoms with van der Waals surface area (Å²) in [5.74, 6) is 0.148. The maximum absolute atomic E-state index is 12.7. The number of nitrogens with one attached hydrogen (secondary N) is 2. The van der Waals surface area contributed by atoms with Gasteiger partial charge in [0.1, 0.15) is 5.82 Å². The first-order valence-corrected chi connectivity index (χ1v) is 9.64. The van der Waals surface area contributed by atoms with Gasteiger partial charge in [0.2, 0.25) is 0 Å². The number of hydrogen-bond donors (Lipinski definition) is 3. The average Bonchev–Trinajstić information content (AvgIpc) is 2.63. The predicted molar refractivity (Wildman–Crippen MR) is 101 cm³/mol. The van der Waals surface area contributed by atoms with Gasteiger partial charge in [-0.15, -0.1) is 10.2 Å². The minimum absolute atomic E-state index is 0. The van der Waals surface area contributed by atoms with E-state index in [2.05, 4.69) is 15.5 Å². The number of nitrogens with zero attached hydrogens (tertiary/aromatic N) is 2. The Morgan fingerprint density at radius 3 is 2.21 bits per heavy atom. The van der Waals surface area contributed by atoms with E-state index in [0.717, 1.165) is 12.1 Å². The number of aromatic nitrogens is 2. The Hall–Kier alpha value is -1.74. The summed E-state index contributed by atoms with van der Waals surface area (Å²) < 4.78 is 61.8. The van der Waals surface area contributed by atoms with Crippen LogP contribution in [0, 0.1) is 6.92 Å². The van der Waals surface area contributed by atoms with Crippen LogP contribution in [0.5, 0.6) is 0 Å². The fourth-order valence-electron chi connectivity index (χ4n) is 2.68. The molecule has 1 aliphatic rings. The summed E-state index contributed by atoms with van der Waals surface area (Å²) in [6, 6.07) is 4.15. The molecule has 7 nitrogen and oxygen atoms in total. The molecule has 0 unspecified atom stereocenters. The molecule has 4 N–H and O–H groups in total. The van der Waals surface area contributed by atoms with E-state index in [-0.39, 0.29) is 43.2 Å². The molecule has 161 valence electrons. The van der Waals surface area contributed by atoms with Crippen LogP contribution in [-0.2, 0) is 45.9 Å². The molecule has 2 aromatic rings. The molecule has 12 heteroatoms. The second kappa shape index (κ2) is 11.4. The van der Waals surface area contributed by atoms with Crippen molar-refractivity contribution in [3.8, 4) is 11.3 Å². The number of alkyl halides is 3. The zero-order valence-corrected chi connectivity index (χ0v) is 19.1. The topological polar surface area (TPSA) is 110 Å². The van der Waals surface area contributed by atoms with Crippen molar-refractivity contribution in [2.45, 2.75) is 32.4 Å². The second-order valence-electron chi connectivity index (χ2n) is 6.21. The van der Waals surface area contributed by atoms with Crippen molar-refractivity contribution in [1.82, 2.24) is 15.5 Å². The van der Waals surface area contributed by atoms with Crippen molar-refractivity contribution in [3.63, 3.8) is 0 Å². The van der Waals surface area contributed by atoms with E-state index in [1.807, 2.05) is 4.72 Å². The molecular weight excluding hydrogens is 581 g/mol. The number of rotatable bonds is 3. The quantitative estimate of drug-likeness (QED) is 0.465. The standard InChI is InChI=1S/C12H10F3N4O2S.C5H11N.Re/c1-6-4-10(16)17-18-11(6)8-3-2-7(12(13,14)15)5-9(8)19-22(20)21;1-2-4-6-5-3-1;/h2-5H,1H3,(H2,16,17)(H,19,20,21);6H,1-5H2;/q-1;;. The van der Waals surface area contributed by atoms with E-state index in [9.17, 15) is 21.6 Å². The molecule has 3 rings (SSSR count). The Kier molecular flexibility index (Phi) is 9.99. The van der Waals surface area contributed by atoms with Crippen LogP contribution in [0.15, 0.2) is 24.3 Å². The van der Waals surface area contributed by atoms with E-state index in [0.29, 0.717) is 11.6 Å². The molecule has 2 heterocycles. The third-order valence-corrected chi connectivity index (χ3v) is 4.39. The van der Waals surface area contributed by atoms with Crippen molar-refractivity contribution in [2.75, 3.05) is 23.5 Å². The molecule has 1 saturated heterocycles. The van der Waals surface area contributed by atoms with Gasteiger partial charge in [-0.2, -0.15) is 13.2 Å². The molecule has 0 aliphatic carbocycles. The van der Waals surface area contributed by atoms with Gasteiger partial charge in [-0.1, -0.05) is 12.5 Å². The normalized spacial score (nSPS) is 13.8. The van der Waals surface area contributed by atoms with Gasteiger partial charge in [-0.25, -0.2) is 0 Å². The van der Waals surface area contributed by atoms with Crippen LogP contribution < -0.4 is 15.8 Å². The second-order valence-corrected chi connectivity index (χ2v) is 6.88. The van der Waals surface area contributed by atoms with E-state index < -0.39 is 22.6 Å². The van der Waals surface area contributed by atoms with Gasteiger partial charge in [0, 0.05) is 42.6 Å². The zero-order valence-electron chi connectivity index (χ0n) is 15.6. The summed E-state index contributed by atoms with van der Waals surface area (Å²) in [6.45, 7) is 4.13. The zero-order chi connectivity index (χ0) is 20.7. The number of piperidine rings is 1. The summed E-state index contributed by atoms with van der Waals surface area (Å²) in [5, 5.41) is 10.7. The van der Waals surface area contributed by atoms with Crippen LogP contribution in [-0.4, -0.2) is 23.3 Å². The van der Waals surface area contributed by atoms with Crippen molar-refractivity contribution in [1.29, 1.82) is 0 Å². The fraction of sp³-hybridized carbons (Fsp3) is 0.412. The van der Waals surface area contributed by atoms with E-state index in [1.165, 1.54) is 38.4 Å². The molecule has 29 heavy (non-hydrogen) atoms. The van der Waals surface area contributed by atoms with E-state index >= 15 is 0 Å². The van der Waals surface area contributed by atoms with Crippen LogP contribution in [0.1, 0.15) is 30.4 Å². The number of nitrogens with two attached hydrogens (primary N) is 1. The molecule has 0 bridgehead atoms. The number of hydrogen-bond acceptors (Lipinski definition) is 7. The summed E-state index contributed by atoms with van der Waals surface area (Å²) in [7, 11) is -2.79. The summed E-state index contributed by atoms with van der Waals surface area (Å²) in [6.07, 6.45) is -0.381.